The predicted molar refractivity (Wildman–Crippen MR) is 62.3 cm³/mol. The van der Waals surface area contributed by atoms with E-state index in [4.69, 9.17) is 0 Å². The number of hydrogen-bond donors (Lipinski definition) is 0. The lowest BCUT2D eigenvalue weighted by molar-refractivity contribution is -0.144. The second-order valence-corrected chi connectivity index (χ2v) is 3.57. The van der Waals surface area contributed by atoms with Gasteiger partial charge in [0.15, 0.2) is 0 Å². The summed E-state index contributed by atoms with van der Waals surface area (Å²) in [6.45, 7) is 0. The number of carbonyl (C=O) groups excluding carboxylic acids is 2. The Bertz CT molecular complexity index is 529. The summed E-state index contributed by atoms with van der Waals surface area (Å²) in [6, 6.07) is 5.09. The molecule has 0 saturated carbocycles. The van der Waals surface area contributed by atoms with Gasteiger partial charge in [-0.1, -0.05) is 12.1 Å². The average molecular weight is 287 g/mol. The first-order chi connectivity index (χ1) is 9.29. The number of esters is 2. The molecule has 4 nitrogen and oxygen atoms in total. The van der Waals surface area contributed by atoms with Crippen molar-refractivity contribution in [3.05, 3.63) is 41.0 Å². The number of ether oxygens (including phenoxy) is 2. The zero-order valence-electron chi connectivity index (χ0n) is 10.6. The summed E-state index contributed by atoms with van der Waals surface area (Å²) in [5.74, 6) is -2.00. The van der Waals surface area contributed by atoms with Crippen molar-refractivity contribution in [2.45, 2.75) is 6.18 Å². The van der Waals surface area contributed by atoms with Crippen LogP contribution in [0.1, 0.15) is 11.1 Å². The highest BCUT2D eigenvalue weighted by molar-refractivity contribution is 6.17. The molecule has 0 heterocycles. The molecule has 7 heteroatoms. The van der Waals surface area contributed by atoms with Crippen LogP contribution in [0.25, 0.3) is 6.08 Å². The lowest BCUT2D eigenvalue weighted by atomic mass is 10.1. The lowest BCUT2D eigenvalue weighted by Gasteiger charge is -2.07. The maximum Gasteiger partial charge on any atom is 0.417 e. The quantitative estimate of drug-likeness (QED) is 0.370. The van der Waals surface area contributed by atoms with Crippen LogP contribution in [-0.2, 0) is 25.2 Å². The molecule has 20 heavy (non-hydrogen) atoms. The van der Waals surface area contributed by atoms with Crippen LogP contribution in [0.3, 0.4) is 0 Å². The van der Waals surface area contributed by atoms with Gasteiger partial charge in [0.25, 0.3) is 0 Å². The first kappa shape index (κ1) is 15.7. The summed E-state index contributed by atoms with van der Waals surface area (Å²) in [7, 11) is 2.08. The number of alkyl halides is 3. The predicted octanol–water partition coefficient (Wildman–Crippen LogP) is 2.23. The highest BCUT2D eigenvalue weighted by Crippen LogP contribution is 2.29. The normalized spacial score (nSPS) is 10.7. The zero-order chi connectivity index (χ0) is 15.3. The van der Waals surface area contributed by atoms with Crippen molar-refractivity contribution in [3.63, 3.8) is 0 Å². The largest absolute Gasteiger partial charge is 0.465 e. The third kappa shape index (κ3) is 3.84. The van der Waals surface area contributed by atoms with Gasteiger partial charge in [0.2, 0.25) is 0 Å². The van der Waals surface area contributed by atoms with Gasteiger partial charge in [0.05, 0.1) is 19.8 Å². The smallest absolute Gasteiger partial charge is 0.417 e. The van der Waals surface area contributed by atoms with E-state index in [-0.39, 0.29) is 5.56 Å². The molecule has 0 spiro atoms. The molecule has 0 aliphatic heterocycles. The van der Waals surface area contributed by atoms with Crippen molar-refractivity contribution in [2.75, 3.05) is 14.2 Å². The molecule has 0 aliphatic rings. The minimum absolute atomic E-state index is 0.00174. The van der Waals surface area contributed by atoms with Crippen LogP contribution in [0, 0.1) is 6.07 Å². The molecule has 0 atom stereocenters. The molecule has 0 fully saturated rings. The van der Waals surface area contributed by atoms with Gasteiger partial charge in [0.1, 0.15) is 5.57 Å². The van der Waals surface area contributed by atoms with Gasteiger partial charge >= 0.3 is 18.1 Å². The van der Waals surface area contributed by atoms with Crippen LogP contribution in [-0.4, -0.2) is 26.2 Å². The van der Waals surface area contributed by atoms with E-state index in [0.717, 1.165) is 32.4 Å². The monoisotopic (exact) mass is 287 g/mol. The first-order valence-electron chi connectivity index (χ1n) is 5.27. The van der Waals surface area contributed by atoms with Crippen molar-refractivity contribution < 1.29 is 32.2 Å². The molecular weight excluding hydrogens is 277 g/mol. The van der Waals surface area contributed by atoms with E-state index in [1.165, 1.54) is 6.07 Å². The van der Waals surface area contributed by atoms with Gasteiger partial charge in [-0.3, -0.25) is 0 Å². The average Bonchev–Trinajstić information content (AvgIpc) is 2.42. The maximum atomic E-state index is 12.5. The Morgan fingerprint density at radius 1 is 1.20 bits per heavy atom. The summed E-state index contributed by atoms with van der Waals surface area (Å²) < 4.78 is 46.3. The Hall–Kier alpha value is -2.31. The number of methoxy groups -OCH3 is 2. The van der Waals surface area contributed by atoms with Crippen molar-refractivity contribution in [1.29, 1.82) is 0 Å². The molecule has 0 saturated heterocycles. The molecule has 1 aromatic carbocycles. The number of halogens is 3. The fourth-order valence-electron chi connectivity index (χ4n) is 1.33. The topological polar surface area (TPSA) is 52.6 Å². The molecule has 107 valence electrons. The van der Waals surface area contributed by atoms with E-state index in [1.54, 1.807) is 0 Å². The minimum atomic E-state index is -4.57. The van der Waals surface area contributed by atoms with Crippen LogP contribution < -0.4 is 0 Å². The van der Waals surface area contributed by atoms with E-state index < -0.39 is 29.3 Å². The Labute approximate surface area is 112 Å². The van der Waals surface area contributed by atoms with Gasteiger partial charge in [-0.05, 0) is 23.8 Å². The van der Waals surface area contributed by atoms with Gasteiger partial charge < -0.3 is 9.47 Å². The lowest BCUT2D eigenvalue weighted by Crippen LogP contribution is -2.15. The Morgan fingerprint density at radius 3 is 2.20 bits per heavy atom. The second-order valence-electron chi connectivity index (χ2n) is 3.57. The third-order valence-electron chi connectivity index (χ3n) is 2.25. The highest BCUT2D eigenvalue weighted by Gasteiger charge is 2.30. The highest BCUT2D eigenvalue weighted by atomic mass is 19.4. The number of benzene rings is 1. The van der Waals surface area contributed by atoms with Crippen LogP contribution >= 0.6 is 0 Å². The summed E-state index contributed by atoms with van der Waals surface area (Å²) in [6.07, 6.45) is -3.61. The fraction of sp³-hybridized carbons (Fsp3) is 0.231. The van der Waals surface area contributed by atoms with E-state index in [0.29, 0.717) is 0 Å². The van der Waals surface area contributed by atoms with Crippen molar-refractivity contribution in [3.8, 4) is 0 Å². The van der Waals surface area contributed by atoms with Crippen molar-refractivity contribution in [2.24, 2.45) is 0 Å². The summed E-state index contributed by atoms with van der Waals surface area (Å²) in [5.41, 5.74) is -1.52. The second kappa shape index (κ2) is 6.23. The molecule has 0 aromatic heterocycles. The first-order valence-corrected chi connectivity index (χ1v) is 5.27. The summed E-state index contributed by atoms with van der Waals surface area (Å²) >= 11 is 0. The molecule has 0 amide bonds. The SMILES string of the molecule is COC(=O)C(=Cc1cc[c]c(C(F)(F)F)c1)C(=O)OC. The van der Waals surface area contributed by atoms with Gasteiger partial charge in [-0.25, -0.2) is 9.59 Å². The van der Waals surface area contributed by atoms with Gasteiger partial charge in [0, 0.05) is 0 Å². The zero-order valence-corrected chi connectivity index (χ0v) is 10.6. The molecule has 1 radical (unpaired) electrons. The van der Waals surface area contributed by atoms with Crippen LogP contribution in [0.15, 0.2) is 23.8 Å². The van der Waals surface area contributed by atoms with Crippen LogP contribution in [0.2, 0.25) is 0 Å². The Morgan fingerprint density at radius 2 is 1.75 bits per heavy atom. The summed E-state index contributed by atoms with van der Waals surface area (Å²) in [4.78, 5) is 22.8. The minimum Gasteiger partial charge on any atom is -0.465 e. The molecular formula is C13H10F3O4. The van der Waals surface area contributed by atoms with Crippen molar-refractivity contribution in [1.82, 2.24) is 0 Å². The van der Waals surface area contributed by atoms with Crippen LogP contribution in [0.5, 0.6) is 0 Å². The van der Waals surface area contributed by atoms with E-state index in [9.17, 15) is 22.8 Å². The maximum absolute atomic E-state index is 12.5. The Kier molecular flexibility index (Phi) is 4.90. The van der Waals surface area contributed by atoms with E-state index in [2.05, 4.69) is 9.47 Å². The summed E-state index contributed by atoms with van der Waals surface area (Å²) in [5, 5.41) is 0. The number of rotatable bonds is 3. The van der Waals surface area contributed by atoms with Crippen molar-refractivity contribution >= 4 is 18.0 Å². The Balaban J connectivity index is 3.24. The number of carbonyl (C=O) groups is 2. The molecule has 0 aliphatic carbocycles. The third-order valence-corrected chi connectivity index (χ3v) is 2.25. The molecule has 1 aromatic rings. The van der Waals surface area contributed by atoms with E-state index >= 15 is 0 Å². The molecule has 1 rings (SSSR count). The molecule has 0 unspecified atom stereocenters. The standard InChI is InChI=1S/C13H10F3O4/c1-19-11(17)10(12(18)20-2)7-8-4-3-5-9(6-8)13(14,15)16/h3-4,6-7H,1-2H3. The van der Waals surface area contributed by atoms with Crippen LogP contribution in [0.4, 0.5) is 13.2 Å². The van der Waals surface area contributed by atoms with Gasteiger partial charge in [-0.2, -0.15) is 13.2 Å². The molecule has 0 bridgehead atoms. The molecule has 0 N–H and O–H groups in total. The fourth-order valence-corrected chi connectivity index (χ4v) is 1.33. The van der Waals surface area contributed by atoms with E-state index in [1.807, 2.05) is 6.07 Å². The van der Waals surface area contributed by atoms with Gasteiger partial charge in [-0.15, -0.1) is 0 Å². The number of hydrogen-bond acceptors (Lipinski definition) is 4.